The number of fused-ring (bicyclic) bond motifs is 1. The summed E-state index contributed by atoms with van der Waals surface area (Å²) in [4.78, 5) is 2.44. The van der Waals surface area contributed by atoms with E-state index in [9.17, 15) is 13.0 Å². The summed E-state index contributed by atoms with van der Waals surface area (Å²) in [7, 11) is -4.19. The van der Waals surface area contributed by atoms with Crippen molar-refractivity contribution in [2.24, 2.45) is 0 Å². The van der Waals surface area contributed by atoms with Gasteiger partial charge in [-0.3, -0.25) is 4.55 Å². The van der Waals surface area contributed by atoms with Gasteiger partial charge in [-0.15, -0.1) is 0 Å². The zero-order valence-electron chi connectivity index (χ0n) is 23.2. The van der Waals surface area contributed by atoms with Crippen molar-refractivity contribution in [3.8, 4) is 0 Å². The maximum Gasteiger partial charge on any atom is 0.294 e. The van der Waals surface area contributed by atoms with Gasteiger partial charge in [-0.25, -0.2) is 0 Å². The summed E-state index contributed by atoms with van der Waals surface area (Å²) in [6.07, 6.45) is 19.4. The Morgan fingerprint density at radius 3 is 2.68 bits per heavy atom. The van der Waals surface area contributed by atoms with E-state index in [-0.39, 0.29) is 16.4 Å². The molecule has 4 rings (SSSR count). The van der Waals surface area contributed by atoms with Gasteiger partial charge in [0, 0.05) is 29.8 Å². The molecule has 1 aromatic rings. The Hall–Kier alpha value is -2.57. The van der Waals surface area contributed by atoms with Crippen molar-refractivity contribution in [3.63, 3.8) is 0 Å². The van der Waals surface area contributed by atoms with Gasteiger partial charge in [-0.2, -0.15) is 21.3 Å². The molecule has 6 heteroatoms. The summed E-state index contributed by atoms with van der Waals surface area (Å²) in [5, 5.41) is 0. The molecule has 1 unspecified atom stereocenters. The summed E-state index contributed by atoms with van der Waals surface area (Å²) in [5.74, 6) is 0.918. The normalized spacial score (nSPS) is 23.2. The van der Waals surface area contributed by atoms with Crippen LogP contribution in [0.25, 0.3) is 0 Å². The van der Waals surface area contributed by atoms with Gasteiger partial charge in [-0.1, -0.05) is 57.5 Å². The summed E-state index contributed by atoms with van der Waals surface area (Å²) >= 11 is 0. The predicted molar refractivity (Wildman–Crippen MR) is 156 cm³/mol. The molecule has 0 bridgehead atoms. The minimum atomic E-state index is -4.19. The SMILES string of the molecule is CC[CH-]CCCCN1/C(=C/C=C2\CCCC(C)=C2OC2C=CC(S(=O)(=O)O)=CC2)C(C)(C)c2ccccc21. The molecular formula is C32H42NO4S-. The fourth-order valence-electron chi connectivity index (χ4n) is 5.72. The molecule has 3 aliphatic rings. The number of hydrogen-bond acceptors (Lipinski definition) is 4. The van der Waals surface area contributed by atoms with E-state index in [1.807, 2.05) is 0 Å². The maximum atomic E-state index is 11.4. The highest BCUT2D eigenvalue weighted by Crippen LogP contribution is 2.48. The number of benzene rings is 1. The molecule has 0 fully saturated rings. The quantitative estimate of drug-likeness (QED) is 0.187. The smallest absolute Gasteiger partial charge is 0.294 e. The molecule has 5 nitrogen and oxygen atoms in total. The summed E-state index contributed by atoms with van der Waals surface area (Å²) in [6.45, 7) is 9.95. The Kier molecular flexibility index (Phi) is 9.04. The fourth-order valence-corrected chi connectivity index (χ4v) is 6.27. The third-order valence-electron chi connectivity index (χ3n) is 7.84. The molecule has 1 heterocycles. The molecule has 38 heavy (non-hydrogen) atoms. The number of ether oxygens (including phenoxy) is 1. The van der Waals surface area contributed by atoms with Crippen molar-refractivity contribution in [2.45, 2.75) is 90.6 Å². The third kappa shape index (κ3) is 6.35. The molecule has 1 aliphatic heterocycles. The average Bonchev–Trinajstić information content (AvgIpc) is 3.10. The van der Waals surface area contributed by atoms with Crippen LogP contribution in [0.15, 0.2) is 82.2 Å². The molecule has 0 amide bonds. The topological polar surface area (TPSA) is 66.8 Å². The van der Waals surface area contributed by atoms with Crippen molar-refractivity contribution in [1.82, 2.24) is 0 Å². The number of para-hydroxylation sites is 1. The molecule has 0 saturated heterocycles. The molecular weight excluding hydrogens is 494 g/mol. The van der Waals surface area contributed by atoms with Gasteiger partial charge < -0.3 is 16.1 Å². The van der Waals surface area contributed by atoms with Gasteiger partial charge in [0.1, 0.15) is 11.9 Å². The lowest BCUT2D eigenvalue weighted by atomic mass is 9.83. The standard InChI is InChI=1S/C32H42NO4S/c1-5-6-7-8-11-23-33-29-16-10-9-15-28(29)32(3,4)30(33)22-17-25-14-12-13-24(2)31(25)37-26-18-20-27(21-19-26)38(34,35)36/h6,9-10,15-18,20-22,26H,5,7-8,11-14,19,23H2,1-4H3,(H,34,35,36)/q-1/b25-17+,30-22+. The van der Waals surface area contributed by atoms with Gasteiger partial charge in [0.25, 0.3) is 10.1 Å². The monoisotopic (exact) mass is 536 g/mol. The highest BCUT2D eigenvalue weighted by molar-refractivity contribution is 7.90. The van der Waals surface area contributed by atoms with E-state index in [1.165, 1.54) is 53.1 Å². The number of unbranched alkanes of at least 4 members (excludes halogenated alkanes) is 4. The molecule has 0 radical (unpaired) electrons. The molecule has 0 aromatic heterocycles. The number of rotatable bonds is 10. The molecule has 0 saturated carbocycles. The van der Waals surface area contributed by atoms with Crippen molar-refractivity contribution < 1.29 is 17.7 Å². The Balaban J connectivity index is 1.58. The molecule has 2 aliphatic carbocycles. The van der Waals surface area contributed by atoms with Crippen LogP contribution in [-0.4, -0.2) is 25.6 Å². The van der Waals surface area contributed by atoms with Crippen LogP contribution in [0.1, 0.15) is 84.6 Å². The average molecular weight is 537 g/mol. The number of nitrogens with zero attached hydrogens (tertiary/aromatic N) is 1. The van der Waals surface area contributed by atoms with Crippen molar-refractivity contribution in [1.29, 1.82) is 0 Å². The summed E-state index contributed by atoms with van der Waals surface area (Å²) in [5.41, 5.74) is 6.29. The van der Waals surface area contributed by atoms with E-state index in [4.69, 9.17) is 4.74 Å². The molecule has 1 aromatic carbocycles. The minimum absolute atomic E-state index is 0.0668. The second kappa shape index (κ2) is 12.1. The Morgan fingerprint density at radius 1 is 1.18 bits per heavy atom. The first-order chi connectivity index (χ1) is 18.1. The Labute approximate surface area is 229 Å². The molecule has 0 spiro atoms. The van der Waals surface area contributed by atoms with Crippen LogP contribution in [-0.2, 0) is 20.3 Å². The minimum Gasteiger partial charge on any atom is -0.486 e. The van der Waals surface area contributed by atoms with Crippen LogP contribution in [0.4, 0.5) is 5.69 Å². The third-order valence-corrected chi connectivity index (χ3v) is 8.74. The highest BCUT2D eigenvalue weighted by atomic mass is 32.2. The van der Waals surface area contributed by atoms with Crippen LogP contribution in [0.5, 0.6) is 0 Å². The lowest BCUT2D eigenvalue weighted by molar-refractivity contribution is 0.155. The summed E-state index contributed by atoms with van der Waals surface area (Å²) in [6, 6.07) is 8.76. The Morgan fingerprint density at radius 2 is 1.97 bits per heavy atom. The number of hydrogen-bond donors (Lipinski definition) is 1. The number of allylic oxidation sites excluding steroid dienone is 6. The molecule has 206 valence electrons. The first-order valence-electron chi connectivity index (χ1n) is 14.0. The molecule has 1 N–H and O–H groups in total. The van der Waals surface area contributed by atoms with E-state index in [2.05, 4.69) is 75.4 Å². The summed E-state index contributed by atoms with van der Waals surface area (Å²) < 4.78 is 38.6. The van der Waals surface area contributed by atoms with E-state index in [0.717, 1.165) is 44.4 Å². The van der Waals surface area contributed by atoms with E-state index < -0.39 is 10.1 Å². The van der Waals surface area contributed by atoms with Gasteiger partial charge in [0.15, 0.2) is 0 Å². The second-order valence-electron chi connectivity index (χ2n) is 11.0. The van der Waals surface area contributed by atoms with Gasteiger partial charge in [-0.05, 0) is 73.6 Å². The van der Waals surface area contributed by atoms with Crippen molar-refractivity contribution in [3.05, 3.63) is 94.1 Å². The van der Waals surface area contributed by atoms with Gasteiger partial charge >= 0.3 is 0 Å². The van der Waals surface area contributed by atoms with E-state index >= 15 is 0 Å². The van der Waals surface area contributed by atoms with E-state index in [0.29, 0.717) is 6.42 Å². The van der Waals surface area contributed by atoms with E-state index in [1.54, 1.807) is 6.08 Å². The first kappa shape index (κ1) is 28.4. The molecule has 1 atom stereocenters. The van der Waals surface area contributed by atoms with Crippen molar-refractivity contribution >= 4 is 15.8 Å². The van der Waals surface area contributed by atoms with Gasteiger partial charge in [0.05, 0.1) is 4.91 Å². The maximum absolute atomic E-state index is 11.4. The zero-order chi connectivity index (χ0) is 27.3. The van der Waals surface area contributed by atoms with Crippen molar-refractivity contribution in [2.75, 3.05) is 11.4 Å². The van der Waals surface area contributed by atoms with Gasteiger partial charge in [0.2, 0.25) is 0 Å². The van der Waals surface area contributed by atoms with Crippen LogP contribution in [0.3, 0.4) is 0 Å². The predicted octanol–water partition coefficient (Wildman–Crippen LogP) is 7.95. The lowest BCUT2D eigenvalue weighted by Gasteiger charge is -2.28. The van der Waals surface area contributed by atoms with Crippen LogP contribution in [0, 0.1) is 6.42 Å². The first-order valence-corrected chi connectivity index (χ1v) is 15.4. The fraction of sp³-hybridized carbons (Fsp3) is 0.469. The number of anilines is 1. The van der Waals surface area contributed by atoms with Crippen LogP contribution in [0.2, 0.25) is 0 Å². The lowest BCUT2D eigenvalue weighted by Crippen LogP contribution is -2.27. The highest BCUT2D eigenvalue weighted by Gasteiger charge is 2.39. The largest absolute Gasteiger partial charge is 0.486 e. The zero-order valence-corrected chi connectivity index (χ0v) is 24.1. The Bertz CT molecular complexity index is 1280. The van der Waals surface area contributed by atoms with Crippen LogP contribution < -0.4 is 4.90 Å². The second-order valence-corrected chi connectivity index (χ2v) is 12.4. The van der Waals surface area contributed by atoms with Crippen LogP contribution >= 0.6 is 0 Å².